The van der Waals surface area contributed by atoms with Crippen LogP contribution in [-0.2, 0) is 11.3 Å². The van der Waals surface area contributed by atoms with Crippen molar-refractivity contribution in [3.63, 3.8) is 0 Å². The Hall–Kier alpha value is -1.69. The molecular weight excluding hydrogens is 265 g/mol. The van der Waals surface area contributed by atoms with Crippen LogP contribution in [0.2, 0.25) is 0 Å². The van der Waals surface area contributed by atoms with Crippen molar-refractivity contribution >= 4 is 29.2 Å². The molecule has 0 fully saturated rings. The van der Waals surface area contributed by atoms with E-state index in [9.17, 15) is 9.18 Å². The zero-order valence-corrected chi connectivity index (χ0v) is 11.9. The Balaban J connectivity index is 2.33. The molecule has 19 heavy (non-hydrogen) atoms. The number of nitrogens with zero attached hydrogens (tertiary/aromatic N) is 1. The van der Waals surface area contributed by atoms with Crippen molar-refractivity contribution in [3.8, 4) is 0 Å². The first-order valence-electron chi connectivity index (χ1n) is 5.95. The second-order valence-corrected chi connectivity index (χ2v) is 5.86. The number of hydrogen-bond donors (Lipinski definition) is 2. The van der Waals surface area contributed by atoms with E-state index in [0.29, 0.717) is 10.3 Å². The molecule has 4 nitrogen and oxygen atoms in total. The standard InChI is InChI=1S/C13H16FN3OS/c1-13(2,3)16-11(18)7-17-10-5-4-8(14)6-9(10)15-12(17)19/h4-6H,7H2,1-3H3,(H,15,19)(H,16,18). The summed E-state index contributed by atoms with van der Waals surface area (Å²) >= 11 is 5.16. The van der Waals surface area contributed by atoms with Gasteiger partial charge < -0.3 is 14.9 Å². The van der Waals surface area contributed by atoms with Crippen LogP contribution < -0.4 is 5.32 Å². The van der Waals surface area contributed by atoms with E-state index in [1.807, 2.05) is 20.8 Å². The van der Waals surface area contributed by atoms with Gasteiger partial charge in [-0.25, -0.2) is 4.39 Å². The average molecular weight is 281 g/mol. The molecule has 0 saturated carbocycles. The molecule has 2 rings (SSSR count). The molecule has 2 N–H and O–H groups in total. The molecule has 0 atom stereocenters. The molecule has 0 bridgehead atoms. The van der Waals surface area contributed by atoms with Crippen LogP contribution in [0.1, 0.15) is 20.8 Å². The van der Waals surface area contributed by atoms with Gasteiger partial charge in [0.1, 0.15) is 12.4 Å². The number of halogens is 1. The van der Waals surface area contributed by atoms with Gasteiger partial charge in [-0.05, 0) is 51.2 Å². The second-order valence-electron chi connectivity index (χ2n) is 5.48. The number of imidazole rings is 1. The Morgan fingerprint density at radius 1 is 1.47 bits per heavy atom. The van der Waals surface area contributed by atoms with Crippen LogP contribution in [0.5, 0.6) is 0 Å². The average Bonchev–Trinajstić information content (AvgIpc) is 2.51. The fourth-order valence-corrected chi connectivity index (χ4v) is 2.17. The maximum Gasteiger partial charge on any atom is 0.240 e. The highest BCUT2D eigenvalue weighted by Crippen LogP contribution is 2.15. The molecule has 0 spiro atoms. The minimum absolute atomic E-state index is 0.113. The number of H-pyrrole nitrogens is 1. The van der Waals surface area contributed by atoms with Crippen LogP contribution in [0, 0.1) is 10.6 Å². The monoisotopic (exact) mass is 281 g/mol. The van der Waals surface area contributed by atoms with E-state index in [0.717, 1.165) is 5.52 Å². The van der Waals surface area contributed by atoms with E-state index >= 15 is 0 Å². The van der Waals surface area contributed by atoms with Crippen LogP contribution in [-0.4, -0.2) is 21.0 Å². The molecular formula is C13H16FN3OS. The second kappa shape index (κ2) is 4.77. The minimum atomic E-state index is -0.338. The maximum atomic E-state index is 13.1. The van der Waals surface area contributed by atoms with Crippen molar-refractivity contribution in [1.82, 2.24) is 14.9 Å². The number of aromatic amines is 1. The number of benzene rings is 1. The number of carbonyl (C=O) groups excluding carboxylic acids is 1. The highest BCUT2D eigenvalue weighted by molar-refractivity contribution is 7.71. The molecule has 1 amide bonds. The van der Waals surface area contributed by atoms with Crippen molar-refractivity contribution < 1.29 is 9.18 Å². The number of carbonyl (C=O) groups is 1. The summed E-state index contributed by atoms with van der Waals surface area (Å²) in [6.45, 7) is 5.85. The lowest BCUT2D eigenvalue weighted by atomic mass is 10.1. The third kappa shape index (κ3) is 3.20. The summed E-state index contributed by atoms with van der Waals surface area (Å²) in [4.78, 5) is 14.8. The minimum Gasteiger partial charge on any atom is -0.350 e. The fourth-order valence-electron chi connectivity index (χ4n) is 1.89. The Labute approximate surface area is 115 Å². The first-order chi connectivity index (χ1) is 8.76. The van der Waals surface area contributed by atoms with Gasteiger partial charge in [0.05, 0.1) is 11.0 Å². The SMILES string of the molecule is CC(C)(C)NC(=O)Cn1c(=S)[nH]c2cc(F)ccc21. The van der Waals surface area contributed by atoms with Crippen LogP contribution in [0.4, 0.5) is 4.39 Å². The highest BCUT2D eigenvalue weighted by Gasteiger charge is 2.15. The highest BCUT2D eigenvalue weighted by atomic mass is 32.1. The van der Waals surface area contributed by atoms with E-state index in [-0.39, 0.29) is 23.8 Å². The van der Waals surface area contributed by atoms with Gasteiger partial charge in [0.25, 0.3) is 0 Å². The molecule has 1 aromatic heterocycles. The van der Waals surface area contributed by atoms with Gasteiger partial charge in [-0.2, -0.15) is 0 Å². The summed E-state index contributed by atoms with van der Waals surface area (Å²) < 4.78 is 15.2. The lowest BCUT2D eigenvalue weighted by Crippen LogP contribution is -2.42. The predicted octanol–water partition coefficient (Wildman–Crippen LogP) is 2.75. The van der Waals surface area contributed by atoms with Crippen LogP contribution in [0.25, 0.3) is 11.0 Å². The first kappa shape index (κ1) is 13.7. The molecule has 6 heteroatoms. The van der Waals surface area contributed by atoms with Crippen molar-refractivity contribution in [3.05, 3.63) is 28.8 Å². The molecule has 0 radical (unpaired) electrons. The van der Waals surface area contributed by atoms with Crippen molar-refractivity contribution in [2.45, 2.75) is 32.9 Å². The van der Waals surface area contributed by atoms with Crippen LogP contribution in [0.3, 0.4) is 0 Å². The lowest BCUT2D eigenvalue weighted by molar-refractivity contribution is -0.123. The number of fused-ring (bicyclic) bond motifs is 1. The van der Waals surface area contributed by atoms with Gasteiger partial charge in [0, 0.05) is 5.54 Å². The lowest BCUT2D eigenvalue weighted by Gasteiger charge is -2.20. The zero-order valence-electron chi connectivity index (χ0n) is 11.1. The smallest absolute Gasteiger partial charge is 0.240 e. The van der Waals surface area contributed by atoms with Crippen molar-refractivity contribution in [2.24, 2.45) is 0 Å². The van der Waals surface area contributed by atoms with E-state index in [2.05, 4.69) is 10.3 Å². The Bertz CT molecular complexity index is 681. The topological polar surface area (TPSA) is 49.8 Å². The van der Waals surface area contributed by atoms with Crippen molar-refractivity contribution in [1.29, 1.82) is 0 Å². The molecule has 0 saturated heterocycles. The van der Waals surface area contributed by atoms with Crippen LogP contribution in [0.15, 0.2) is 18.2 Å². The van der Waals surface area contributed by atoms with Crippen LogP contribution >= 0.6 is 12.2 Å². The summed E-state index contributed by atoms with van der Waals surface area (Å²) in [5.41, 5.74) is 1.02. The van der Waals surface area contributed by atoms with Crippen molar-refractivity contribution in [2.75, 3.05) is 0 Å². The molecule has 0 unspecified atom stereocenters. The summed E-state index contributed by atoms with van der Waals surface area (Å²) in [7, 11) is 0. The molecule has 1 heterocycles. The number of nitrogens with one attached hydrogen (secondary N) is 2. The Morgan fingerprint density at radius 3 is 2.79 bits per heavy atom. The van der Waals surface area contributed by atoms with E-state index in [1.165, 1.54) is 12.1 Å². The molecule has 102 valence electrons. The number of amides is 1. The summed E-state index contributed by atoms with van der Waals surface area (Å²) in [6.07, 6.45) is 0. The van der Waals surface area contributed by atoms with E-state index in [4.69, 9.17) is 12.2 Å². The third-order valence-corrected chi connectivity index (χ3v) is 2.87. The van der Waals surface area contributed by atoms with E-state index < -0.39 is 0 Å². The fraction of sp³-hybridized carbons (Fsp3) is 0.385. The maximum absolute atomic E-state index is 13.1. The molecule has 0 aliphatic carbocycles. The largest absolute Gasteiger partial charge is 0.350 e. The normalized spacial score (nSPS) is 11.8. The number of hydrogen-bond acceptors (Lipinski definition) is 2. The third-order valence-electron chi connectivity index (χ3n) is 2.55. The Kier molecular flexibility index (Phi) is 3.45. The summed E-state index contributed by atoms with van der Waals surface area (Å²) in [5, 5.41) is 2.87. The molecule has 0 aliphatic rings. The van der Waals surface area contributed by atoms with Gasteiger partial charge in [-0.15, -0.1) is 0 Å². The number of rotatable bonds is 2. The van der Waals surface area contributed by atoms with Gasteiger partial charge >= 0.3 is 0 Å². The zero-order chi connectivity index (χ0) is 14.2. The summed E-state index contributed by atoms with van der Waals surface area (Å²) in [6, 6.07) is 4.33. The number of aromatic nitrogens is 2. The van der Waals surface area contributed by atoms with E-state index in [1.54, 1.807) is 10.6 Å². The first-order valence-corrected chi connectivity index (χ1v) is 6.36. The van der Waals surface area contributed by atoms with Gasteiger partial charge in [-0.1, -0.05) is 0 Å². The summed E-state index contributed by atoms with van der Waals surface area (Å²) in [5.74, 6) is -0.469. The molecule has 0 aliphatic heterocycles. The molecule has 2 aromatic rings. The van der Waals surface area contributed by atoms with Gasteiger partial charge in [-0.3, -0.25) is 4.79 Å². The quantitative estimate of drug-likeness (QED) is 0.832. The van der Waals surface area contributed by atoms with Gasteiger partial charge in [0.2, 0.25) is 5.91 Å². The Morgan fingerprint density at radius 2 is 2.16 bits per heavy atom. The molecule has 1 aromatic carbocycles. The van der Waals surface area contributed by atoms with Gasteiger partial charge in [0.15, 0.2) is 4.77 Å². The predicted molar refractivity (Wildman–Crippen MR) is 75.0 cm³/mol.